The number of carbonyl (C=O) groups is 2. The van der Waals surface area contributed by atoms with Crippen LogP contribution in [0.4, 0.5) is 4.79 Å². The molecule has 0 saturated carbocycles. The van der Waals surface area contributed by atoms with Gasteiger partial charge in [-0.1, -0.05) is 0 Å². The molecule has 1 aliphatic heterocycles. The van der Waals surface area contributed by atoms with Crippen molar-refractivity contribution in [3.63, 3.8) is 0 Å². The van der Waals surface area contributed by atoms with Crippen molar-refractivity contribution in [3.05, 3.63) is 35.1 Å². The smallest absolute Gasteiger partial charge is 0.409 e. The Labute approximate surface area is 177 Å². The van der Waals surface area contributed by atoms with E-state index in [0.717, 1.165) is 33.4 Å². The summed E-state index contributed by atoms with van der Waals surface area (Å²) in [6.45, 7) is 12.4. The second-order valence-electron chi connectivity index (χ2n) is 7.40. The number of hydrogen-bond acceptors (Lipinski definition) is 5. The Morgan fingerprint density at radius 2 is 1.73 bits per heavy atom. The number of furan rings is 1. The van der Waals surface area contributed by atoms with Gasteiger partial charge in [0.25, 0.3) is 0 Å². The summed E-state index contributed by atoms with van der Waals surface area (Å²) in [4.78, 5) is 28.1. The van der Waals surface area contributed by atoms with Crippen LogP contribution in [0.2, 0.25) is 0 Å². The molecule has 1 aromatic carbocycles. The summed E-state index contributed by atoms with van der Waals surface area (Å²) in [5.74, 6) is 1.51. The third-order valence-electron chi connectivity index (χ3n) is 5.46. The number of hydrogen-bond donors (Lipinski definition) is 0. The molecule has 0 atom stereocenters. The lowest BCUT2D eigenvalue weighted by Gasteiger charge is -2.33. The summed E-state index contributed by atoms with van der Waals surface area (Å²) in [7, 11) is 0. The fourth-order valence-electron chi connectivity index (χ4n) is 3.63. The molecular weight excluding hydrogens is 384 g/mol. The van der Waals surface area contributed by atoms with E-state index in [-0.39, 0.29) is 12.0 Å². The number of benzene rings is 1. The highest BCUT2D eigenvalue weighted by Crippen LogP contribution is 2.35. The van der Waals surface area contributed by atoms with E-state index in [1.165, 1.54) is 0 Å². The van der Waals surface area contributed by atoms with Crippen LogP contribution in [0.1, 0.15) is 37.7 Å². The molecule has 1 saturated heterocycles. The number of piperazine rings is 1. The minimum atomic E-state index is -0.322. The predicted octanol–water partition coefficient (Wildman–Crippen LogP) is 4.15. The molecular formula is C23H30N2O5. The van der Waals surface area contributed by atoms with Crippen LogP contribution in [0.3, 0.4) is 0 Å². The quantitative estimate of drug-likeness (QED) is 0.687. The molecule has 2 amide bonds. The van der Waals surface area contributed by atoms with E-state index in [1.807, 2.05) is 39.8 Å². The van der Waals surface area contributed by atoms with E-state index < -0.39 is 0 Å². The first kappa shape index (κ1) is 21.7. The highest BCUT2D eigenvalue weighted by atomic mass is 16.6. The van der Waals surface area contributed by atoms with E-state index >= 15 is 0 Å². The van der Waals surface area contributed by atoms with Crippen molar-refractivity contribution in [3.8, 4) is 5.75 Å². The lowest BCUT2D eigenvalue weighted by Crippen LogP contribution is -2.50. The minimum absolute atomic E-state index is 0.0707. The Morgan fingerprint density at radius 1 is 1.07 bits per heavy atom. The minimum Gasteiger partial charge on any atom is -0.493 e. The molecule has 2 heterocycles. The number of aryl methyl sites for hydroxylation is 2. The Kier molecular flexibility index (Phi) is 6.70. The molecule has 1 aliphatic rings. The number of rotatable bonds is 5. The summed E-state index contributed by atoms with van der Waals surface area (Å²) in [5, 5.41) is 1.02. The van der Waals surface area contributed by atoms with Gasteiger partial charge in [-0.2, -0.15) is 0 Å². The standard InChI is InChI=1S/C23H30N2O5/c1-6-28-20-14-21-19(16(4)17(5)30-21)13-18(20)15(3)12-22(26)24-8-10-25(11-9-24)23(27)29-7-2/h12-14H,6-11H2,1-5H3/b15-12+. The second kappa shape index (κ2) is 9.24. The maximum absolute atomic E-state index is 12.8. The summed E-state index contributed by atoms with van der Waals surface area (Å²) in [6.07, 6.45) is 1.32. The summed E-state index contributed by atoms with van der Waals surface area (Å²) >= 11 is 0. The molecule has 0 aliphatic carbocycles. The third kappa shape index (κ3) is 4.45. The van der Waals surface area contributed by atoms with Gasteiger partial charge in [0.1, 0.15) is 17.1 Å². The Balaban J connectivity index is 1.80. The fourth-order valence-corrected chi connectivity index (χ4v) is 3.63. The average Bonchev–Trinajstić information content (AvgIpc) is 3.00. The topological polar surface area (TPSA) is 72.2 Å². The Bertz CT molecular complexity index is 968. The van der Waals surface area contributed by atoms with Crippen LogP contribution in [0.15, 0.2) is 22.6 Å². The first-order chi connectivity index (χ1) is 14.3. The van der Waals surface area contributed by atoms with Gasteiger partial charge in [0, 0.05) is 49.3 Å². The lowest BCUT2D eigenvalue weighted by molar-refractivity contribution is -0.127. The normalized spacial score (nSPS) is 14.9. The monoisotopic (exact) mass is 414 g/mol. The summed E-state index contributed by atoms with van der Waals surface area (Å²) in [6, 6.07) is 3.93. The average molecular weight is 415 g/mol. The van der Waals surface area contributed by atoms with Crippen molar-refractivity contribution in [1.29, 1.82) is 0 Å². The SMILES string of the molecule is CCOC(=O)N1CCN(C(=O)/C=C(\C)c2cc3c(C)c(C)oc3cc2OCC)CC1. The van der Waals surface area contributed by atoms with Gasteiger partial charge >= 0.3 is 6.09 Å². The lowest BCUT2D eigenvalue weighted by atomic mass is 10.0. The van der Waals surface area contributed by atoms with Crippen molar-refractivity contribution in [2.24, 2.45) is 0 Å². The van der Waals surface area contributed by atoms with Gasteiger partial charge in [-0.25, -0.2) is 4.79 Å². The van der Waals surface area contributed by atoms with Crippen LogP contribution in [-0.4, -0.2) is 61.2 Å². The van der Waals surface area contributed by atoms with Crippen LogP contribution < -0.4 is 4.74 Å². The van der Waals surface area contributed by atoms with Gasteiger partial charge < -0.3 is 23.7 Å². The van der Waals surface area contributed by atoms with Crippen molar-refractivity contribution >= 4 is 28.5 Å². The Hall–Kier alpha value is -2.96. The van der Waals surface area contributed by atoms with Crippen LogP contribution in [0, 0.1) is 13.8 Å². The van der Waals surface area contributed by atoms with Crippen molar-refractivity contribution < 1.29 is 23.5 Å². The maximum atomic E-state index is 12.8. The van der Waals surface area contributed by atoms with Crippen LogP contribution in [-0.2, 0) is 9.53 Å². The molecule has 162 valence electrons. The molecule has 0 unspecified atom stereocenters. The highest BCUT2D eigenvalue weighted by molar-refractivity contribution is 5.97. The van der Waals surface area contributed by atoms with Crippen molar-refractivity contribution in [2.75, 3.05) is 39.4 Å². The van der Waals surface area contributed by atoms with E-state index in [1.54, 1.807) is 22.8 Å². The molecule has 1 aromatic heterocycles. The van der Waals surface area contributed by atoms with Crippen molar-refractivity contribution in [1.82, 2.24) is 9.80 Å². The number of fused-ring (bicyclic) bond motifs is 1. The largest absolute Gasteiger partial charge is 0.493 e. The first-order valence-electron chi connectivity index (χ1n) is 10.4. The van der Waals surface area contributed by atoms with E-state index in [4.69, 9.17) is 13.9 Å². The highest BCUT2D eigenvalue weighted by Gasteiger charge is 2.24. The predicted molar refractivity (Wildman–Crippen MR) is 116 cm³/mol. The van der Waals surface area contributed by atoms with Gasteiger partial charge in [-0.05, 0) is 51.8 Å². The molecule has 7 heteroatoms. The maximum Gasteiger partial charge on any atom is 0.409 e. The van der Waals surface area contributed by atoms with Gasteiger partial charge in [0.2, 0.25) is 5.91 Å². The fraction of sp³-hybridized carbons (Fsp3) is 0.478. The zero-order chi connectivity index (χ0) is 21.8. The Morgan fingerprint density at radius 3 is 2.37 bits per heavy atom. The molecule has 2 aromatic rings. The van der Waals surface area contributed by atoms with Crippen LogP contribution in [0.25, 0.3) is 16.5 Å². The zero-order valence-electron chi connectivity index (χ0n) is 18.4. The van der Waals surface area contributed by atoms with Gasteiger partial charge in [0.05, 0.1) is 13.2 Å². The van der Waals surface area contributed by atoms with Crippen molar-refractivity contribution in [2.45, 2.75) is 34.6 Å². The molecule has 0 N–H and O–H groups in total. The number of allylic oxidation sites excluding steroid dienone is 1. The van der Waals surface area contributed by atoms with Crippen LogP contribution in [0.5, 0.6) is 5.75 Å². The van der Waals surface area contributed by atoms with E-state index in [0.29, 0.717) is 45.1 Å². The van der Waals surface area contributed by atoms with E-state index in [2.05, 4.69) is 0 Å². The third-order valence-corrected chi connectivity index (χ3v) is 5.46. The first-order valence-corrected chi connectivity index (χ1v) is 10.4. The molecule has 0 spiro atoms. The number of carbonyl (C=O) groups excluding carboxylic acids is 2. The van der Waals surface area contributed by atoms with Gasteiger partial charge in [-0.3, -0.25) is 4.79 Å². The second-order valence-corrected chi connectivity index (χ2v) is 7.40. The zero-order valence-corrected chi connectivity index (χ0v) is 18.4. The van der Waals surface area contributed by atoms with E-state index in [9.17, 15) is 9.59 Å². The molecule has 1 fully saturated rings. The summed E-state index contributed by atoms with van der Waals surface area (Å²) in [5.41, 5.74) is 3.58. The number of amides is 2. The number of ether oxygens (including phenoxy) is 2. The molecule has 0 bridgehead atoms. The molecule has 7 nitrogen and oxygen atoms in total. The number of nitrogens with zero attached hydrogens (tertiary/aromatic N) is 2. The molecule has 0 radical (unpaired) electrons. The van der Waals surface area contributed by atoms with Gasteiger partial charge in [-0.15, -0.1) is 0 Å². The molecule has 3 rings (SSSR count). The molecule has 30 heavy (non-hydrogen) atoms. The summed E-state index contributed by atoms with van der Waals surface area (Å²) < 4.78 is 16.7. The van der Waals surface area contributed by atoms with Crippen LogP contribution >= 0.6 is 0 Å². The van der Waals surface area contributed by atoms with Gasteiger partial charge in [0.15, 0.2) is 0 Å².